The van der Waals surface area contributed by atoms with Crippen LogP contribution in [0.15, 0.2) is 12.2 Å². The molecule has 0 nitrogen and oxygen atoms in total. The van der Waals surface area contributed by atoms with Gasteiger partial charge in [-0.3, -0.25) is 0 Å². The van der Waals surface area contributed by atoms with E-state index >= 15 is 0 Å². The molecule has 1 heteroatoms. The van der Waals surface area contributed by atoms with Crippen LogP contribution in [0.4, 0.5) is 4.39 Å². The predicted molar refractivity (Wildman–Crippen MR) is 23.3 cm³/mol. The summed E-state index contributed by atoms with van der Waals surface area (Å²) >= 11 is 0. The summed E-state index contributed by atoms with van der Waals surface area (Å²) in [7, 11) is 0. The Kier molecular flexibility index (Phi) is 0.906. The quantitative estimate of drug-likeness (QED) is 0.393. The second-order valence-corrected chi connectivity index (χ2v) is 1.54. The van der Waals surface area contributed by atoms with Gasteiger partial charge in [-0.15, -0.1) is 0 Å². The van der Waals surface area contributed by atoms with Gasteiger partial charge in [0, 0.05) is 0 Å². The van der Waals surface area contributed by atoms with E-state index in [1.807, 2.05) is 12.2 Å². The molecular formula is C5H7F. The summed E-state index contributed by atoms with van der Waals surface area (Å²) in [6.07, 6.45) is 4.47. The molecule has 0 aliphatic heterocycles. The van der Waals surface area contributed by atoms with E-state index in [1.165, 1.54) is 0 Å². The highest BCUT2D eigenvalue weighted by Crippen LogP contribution is 2.11. The van der Waals surface area contributed by atoms with E-state index in [1.54, 1.807) is 0 Å². The number of allylic oxidation sites excluding steroid dienone is 2. The minimum Gasteiger partial charge on any atom is -0.247 e. The van der Waals surface area contributed by atoms with Gasteiger partial charge in [0.15, 0.2) is 0 Å². The first-order valence-electron chi connectivity index (χ1n) is 2.18. The van der Waals surface area contributed by atoms with E-state index in [2.05, 4.69) is 0 Å². The van der Waals surface area contributed by atoms with Gasteiger partial charge in [0.2, 0.25) is 0 Å². The Balaban J connectivity index is 2.32. The minimum atomic E-state index is -0.565. The molecule has 0 saturated heterocycles. The molecule has 1 rings (SSSR count). The van der Waals surface area contributed by atoms with Gasteiger partial charge in [0.1, 0.15) is 6.17 Å². The first-order valence-corrected chi connectivity index (χ1v) is 2.18. The predicted octanol–water partition coefficient (Wildman–Crippen LogP) is 1.67. The Morgan fingerprint density at radius 3 is 2.00 bits per heavy atom. The second-order valence-electron chi connectivity index (χ2n) is 1.54. The van der Waals surface area contributed by atoms with E-state index in [0.717, 1.165) is 0 Å². The van der Waals surface area contributed by atoms with Gasteiger partial charge in [-0.25, -0.2) is 4.39 Å². The SMILES string of the molecule is FC1CC=CC1. The summed E-state index contributed by atoms with van der Waals surface area (Å²) in [6, 6.07) is 0. The van der Waals surface area contributed by atoms with Gasteiger partial charge in [-0.2, -0.15) is 0 Å². The van der Waals surface area contributed by atoms with E-state index in [4.69, 9.17) is 0 Å². The van der Waals surface area contributed by atoms with Crippen LogP contribution in [0.25, 0.3) is 0 Å². The third-order valence-electron chi connectivity index (χ3n) is 0.950. The van der Waals surface area contributed by atoms with Crippen molar-refractivity contribution in [3.8, 4) is 0 Å². The second kappa shape index (κ2) is 1.41. The molecule has 0 N–H and O–H groups in total. The van der Waals surface area contributed by atoms with Crippen molar-refractivity contribution in [3.05, 3.63) is 12.2 Å². The van der Waals surface area contributed by atoms with Crippen molar-refractivity contribution in [1.82, 2.24) is 0 Å². The van der Waals surface area contributed by atoms with Crippen molar-refractivity contribution in [2.45, 2.75) is 19.0 Å². The lowest BCUT2D eigenvalue weighted by Gasteiger charge is -1.87. The average Bonchev–Trinajstić information content (AvgIpc) is 1.86. The Labute approximate surface area is 36.7 Å². The number of rotatable bonds is 0. The number of hydrogen-bond donors (Lipinski definition) is 0. The van der Waals surface area contributed by atoms with Crippen molar-refractivity contribution in [2.75, 3.05) is 0 Å². The van der Waals surface area contributed by atoms with Gasteiger partial charge in [0.25, 0.3) is 0 Å². The summed E-state index contributed by atoms with van der Waals surface area (Å²) < 4.78 is 11.9. The molecule has 6 heavy (non-hydrogen) atoms. The highest BCUT2D eigenvalue weighted by molar-refractivity contribution is 4.94. The molecule has 0 spiro atoms. The Hall–Kier alpha value is -0.330. The number of hydrogen-bond acceptors (Lipinski definition) is 0. The molecule has 0 atom stereocenters. The maximum absolute atomic E-state index is 11.9. The first kappa shape index (κ1) is 3.85. The number of halogens is 1. The zero-order valence-corrected chi connectivity index (χ0v) is 3.52. The van der Waals surface area contributed by atoms with Gasteiger partial charge in [0.05, 0.1) is 0 Å². The van der Waals surface area contributed by atoms with Gasteiger partial charge >= 0.3 is 0 Å². The highest BCUT2D eigenvalue weighted by atomic mass is 19.1. The average molecular weight is 86.1 g/mol. The lowest BCUT2D eigenvalue weighted by Crippen LogP contribution is -1.86. The van der Waals surface area contributed by atoms with Gasteiger partial charge in [-0.1, -0.05) is 12.2 Å². The topological polar surface area (TPSA) is 0 Å². The molecule has 0 aromatic heterocycles. The van der Waals surface area contributed by atoms with Crippen LogP contribution < -0.4 is 0 Å². The molecule has 0 amide bonds. The van der Waals surface area contributed by atoms with E-state index in [0.29, 0.717) is 12.8 Å². The zero-order valence-electron chi connectivity index (χ0n) is 3.52. The highest BCUT2D eigenvalue weighted by Gasteiger charge is 2.04. The Morgan fingerprint density at radius 2 is 1.83 bits per heavy atom. The molecule has 0 aromatic carbocycles. The third kappa shape index (κ3) is 0.588. The van der Waals surface area contributed by atoms with Crippen LogP contribution in [0, 0.1) is 0 Å². The van der Waals surface area contributed by atoms with Crippen LogP contribution in [0.1, 0.15) is 12.8 Å². The molecule has 0 heterocycles. The summed E-state index contributed by atoms with van der Waals surface area (Å²) in [5.74, 6) is 0. The van der Waals surface area contributed by atoms with Crippen molar-refractivity contribution in [3.63, 3.8) is 0 Å². The fourth-order valence-corrected chi connectivity index (χ4v) is 0.584. The molecular weight excluding hydrogens is 79.1 g/mol. The number of alkyl halides is 1. The molecule has 0 unspecified atom stereocenters. The zero-order chi connectivity index (χ0) is 4.41. The fourth-order valence-electron chi connectivity index (χ4n) is 0.584. The molecule has 0 bridgehead atoms. The van der Waals surface area contributed by atoms with Crippen molar-refractivity contribution < 1.29 is 4.39 Å². The van der Waals surface area contributed by atoms with Crippen LogP contribution in [-0.2, 0) is 0 Å². The van der Waals surface area contributed by atoms with Crippen LogP contribution in [0.2, 0.25) is 0 Å². The molecule has 0 aromatic rings. The lowest BCUT2D eigenvalue weighted by molar-refractivity contribution is 0.353. The lowest BCUT2D eigenvalue weighted by atomic mass is 10.3. The molecule has 1 aliphatic rings. The van der Waals surface area contributed by atoms with Crippen LogP contribution in [0.3, 0.4) is 0 Å². The summed E-state index contributed by atoms with van der Waals surface area (Å²) in [5.41, 5.74) is 0. The standard InChI is InChI=1S/C5H7F/c6-5-3-1-2-4-5/h1-2,5H,3-4H2. The molecule has 0 radical (unpaired) electrons. The minimum absolute atomic E-state index is 0.565. The monoisotopic (exact) mass is 86.1 g/mol. The normalized spacial score (nSPS) is 22.8. The molecule has 34 valence electrons. The van der Waals surface area contributed by atoms with Crippen LogP contribution >= 0.6 is 0 Å². The Morgan fingerprint density at radius 1 is 1.33 bits per heavy atom. The molecule has 0 fully saturated rings. The summed E-state index contributed by atoms with van der Waals surface area (Å²) in [6.45, 7) is 0. The maximum atomic E-state index is 11.9. The van der Waals surface area contributed by atoms with Crippen molar-refractivity contribution >= 4 is 0 Å². The Bertz CT molecular complexity index is 58.3. The third-order valence-corrected chi connectivity index (χ3v) is 0.950. The fraction of sp³-hybridized carbons (Fsp3) is 0.600. The van der Waals surface area contributed by atoms with Gasteiger partial charge < -0.3 is 0 Å². The van der Waals surface area contributed by atoms with E-state index < -0.39 is 6.17 Å². The first-order chi connectivity index (χ1) is 2.89. The van der Waals surface area contributed by atoms with Crippen molar-refractivity contribution in [2.24, 2.45) is 0 Å². The maximum Gasteiger partial charge on any atom is 0.107 e. The van der Waals surface area contributed by atoms with E-state index in [-0.39, 0.29) is 0 Å². The molecule has 0 saturated carbocycles. The largest absolute Gasteiger partial charge is 0.247 e. The van der Waals surface area contributed by atoms with Crippen molar-refractivity contribution in [1.29, 1.82) is 0 Å². The van der Waals surface area contributed by atoms with Crippen LogP contribution in [0.5, 0.6) is 0 Å². The smallest absolute Gasteiger partial charge is 0.107 e. The summed E-state index contributed by atoms with van der Waals surface area (Å²) in [4.78, 5) is 0. The molecule has 1 aliphatic carbocycles. The van der Waals surface area contributed by atoms with Gasteiger partial charge in [-0.05, 0) is 12.8 Å². The van der Waals surface area contributed by atoms with Crippen LogP contribution in [-0.4, -0.2) is 6.17 Å². The van der Waals surface area contributed by atoms with E-state index in [9.17, 15) is 4.39 Å². The summed E-state index contributed by atoms with van der Waals surface area (Å²) in [5, 5.41) is 0.